The SMILES string of the molecule is C/C=c1/cc[nH]/c1=C/C.CC.CC. The highest BCUT2D eigenvalue weighted by atomic mass is 14.6. The van der Waals surface area contributed by atoms with Crippen LogP contribution in [-0.2, 0) is 0 Å². The van der Waals surface area contributed by atoms with Gasteiger partial charge in [-0.2, -0.15) is 0 Å². The zero-order chi connectivity index (χ0) is 10.7. The van der Waals surface area contributed by atoms with E-state index in [9.17, 15) is 0 Å². The Morgan fingerprint density at radius 1 is 1.00 bits per heavy atom. The number of nitrogens with one attached hydrogen (secondary N) is 1. The minimum atomic E-state index is 1.21. The highest BCUT2D eigenvalue weighted by Crippen LogP contribution is 1.63. The van der Waals surface area contributed by atoms with Gasteiger partial charge in [0.25, 0.3) is 0 Å². The zero-order valence-electron chi connectivity index (χ0n) is 9.81. The number of aromatic amines is 1. The van der Waals surface area contributed by atoms with Crippen LogP contribution in [0.1, 0.15) is 41.5 Å². The first-order valence-corrected chi connectivity index (χ1v) is 5.14. The summed E-state index contributed by atoms with van der Waals surface area (Å²) in [4.78, 5) is 3.12. The molecule has 1 rings (SSSR count). The van der Waals surface area contributed by atoms with Gasteiger partial charge in [0.15, 0.2) is 0 Å². The molecule has 0 aliphatic rings. The second-order valence-corrected chi connectivity index (χ2v) is 1.92. The van der Waals surface area contributed by atoms with Gasteiger partial charge in [-0.25, -0.2) is 0 Å². The Morgan fingerprint density at radius 2 is 1.54 bits per heavy atom. The van der Waals surface area contributed by atoms with Crippen LogP contribution in [0.25, 0.3) is 12.2 Å². The van der Waals surface area contributed by atoms with Crippen molar-refractivity contribution in [2.75, 3.05) is 0 Å². The molecule has 0 saturated carbocycles. The maximum atomic E-state index is 3.12. The summed E-state index contributed by atoms with van der Waals surface area (Å²) in [5, 5.41) is 2.48. The minimum Gasteiger partial charge on any atom is -0.361 e. The van der Waals surface area contributed by atoms with E-state index in [0.29, 0.717) is 0 Å². The summed E-state index contributed by atoms with van der Waals surface area (Å²) in [6, 6.07) is 2.06. The van der Waals surface area contributed by atoms with Gasteiger partial charge in [0.2, 0.25) is 0 Å². The Morgan fingerprint density at radius 3 is 1.85 bits per heavy atom. The van der Waals surface area contributed by atoms with Gasteiger partial charge in [0.1, 0.15) is 0 Å². The lowest BCUT2D eigenvalue weighted by atomic mass is 10.4. The molecule has 0 unspecified atom stereocenters. The second kappa shape index (κ2) is 11.0. The lowest BCUT2D eigenvalue weighted by Gasteiger charge is -1.72. The molecule has 0 aliphatic carbocycles. The maximum Gasteiger partial charge on any atom is 0.0407 e. The number of hydrogen-bond acceptors (Lipinski definition) is 0. The third-order valence-corrected chi connectivity index (χ3v) is 1.41. The number of H-pyrrole nitrogens is 1. The third-order valence-electron chi connectivity index (χ3n) is 1.41. The van der Waals surface area contributed by atoms with E-state index in [2.05, 4.69) is 23.2 Å². The summed E-state index contributed by atoms with van der Waals surface area (Å²) in [7, 11) is 0. The summed E-state index contributed by atoms with van der Waals surface area (Å²) in [6.07, 6.45) is 6.10. The topological polar surface area (TPSA) is 15.8 Å². The summed E-state index contributed by atoms with van der Waals surface area (Å²) in [6.45, 7) is 12.1. The van der Waals surface area contributed by atoms with E-state index in [1.807, 2.05) is 47.7 Å². The molecule has 0 fully saturated rings. The van der Waals surface area contributed by atoms with E-state index < -0.39 is 0 Å². The van der Waals surface area contributed by atoms with Crippen LogP contribution in [0.15, 0.2) is 12.3 Å². The van der Waals surface area contributed by atoms with Crippen LogP contribution in [-0.4, -0.2) is 4.98 Å². The van der Waals surface area contributed by atoms with E-state index in [4.69, 9.17) is 0 Å². The normalized spacial score (nSPS) is 11.2. The first kappa shape index (κ1) is 14.5. The molecule has 1 aromatic rings. The summed E-state index contributed by atoms with van der Waals surface area (Å²) >= 11 is 0. The van der Waals surface area contributed by atoms with Crippen molar-refractivity contribution in [2.24, 2.45) is 0 Å². The second-order valence-electron chi connectivity index (χ2n) is 1.92. The Balaban J connectivity index is 0. The fourth-order valence-corrected chi connectivity index (χ4v) is 0.896. The van der Waals surface area contributed by atoms with E-state index in [0.717, 1.165) is 0 Å². The average Bonchev–Trinajstić information content (AvgIpc) is 2.70. The van der Waals surface area contributed by atoms with Crippen LogP contribution in [0, 0.1) is 0 Å². The molecule has 0 spiro atoms. The Labute approximate surface area is 82.2 Å². The van der Waals surface area contributed by atoms with Crippen molar-refractivity contribution >= 4 is 12.2 Å². The van der Waals surface area contributed by atoms with Crippen LogP contribution in [0.2, 0.25) is 0 Å². The van der Waals surface area contributed by atoms with Gasteiger partial charge in [-0.15, -0.1) is 0 Å². The van der Waals surface area contributed by atoms with Gasteiger partial charge in [-0.1, -0.05) is 39.8 Å². The Bertz CT molecular complexity index is 252. The standard InChI is InChI=1S/C8H11N.2C2H6/c1-3-7-5-6-9-8(7)4-2;2*1-2/h3-6,9H,1-2H3;2*1-2H3/b7-3-,8-4+;;. The van der Waals surface area contributed by atoms with Crippen molar-refractivity contribution < 1.29 is 0 Å². The lowest BCUT2D eigenvalue weighted by Crippen LogP contribution is -2.20. The quantitative estimate of drug-likeness (QED) is 0.633. The predicted molar refractivity (Wildman–Crippen MR) is 63.0 cm³/mol. The minimum absolute atomic E-state index is 1.21. The predicted octanol–water partition coefficient (Wildman–Crippen LogP) is 2.67. The molecular weight excluding hydrogens is 158 g/mol. The fourth-order valence-electron chi connectivity index (χ4n) is 0.896. The van der Waals surface area contributed by atoms with E-state index >= 15 is 0 Å². The van der Waals surface area contributed by atoms with Crippen LogP contribution < -0.4 is 10.6 Å². The molecule has 0 aliphatic heterocycles. The van der Waals surface area contributed by atoms with Crippen molar-refractivity contribution in [2.45, 2.75) is 41.5 Å². The highest BCUT2D eigenvalue weighted by Gasteiger charge is 1.78. The van der Waals surface area contributed by atoms with Crippen molar-refractivity contribution in [3.05, 3.63) is 22.8 Å². The van der Waals surface area contributed by atoms with Gasteiger partial charge < -0.3 is 4.98 Å². The number of hydrogen-bond donors (Lipinski definition) is 1. The molecule has 1 heteroatoms. The van der Waals surface area contributed by atoms with E-state index in [1.54, 1.807) is 0 Å². The molecular formula is C12H23N. The van der Waals surface area contributed by atoms with Gasteiger partial charge in [0, 0.05) is 11.5 Å². The highest BCUT2D eigenvalue weighted by molar-refractivity contribution is 5.25. The van der Waals surface area contributed by atoms with Crippen molar-refractivity contribution in [3.8, 4) is 0 Å². The molecule has 1 nitrogen and oxygen atoms in total. The molecule has 0 atom stereocenters. The van der Waals surface area contributed by atoms with E-state index in [1.165, 1.54) is 10.6 Å². The van der Waals surface area contributed by atoms with Crippen molar-refractivity contribution in [3.63, 3.8) is 0 Å². The van der Waals surface area contributed by atoms with Crippen LogP contribution in [0.3, 0.4) is 0 Å². The maximum absolute atomic E-state index is 3.12. The molecule has 13 heavy (non-hydrogen) atoms. The molecule has 76 valence electrons. The van der Waals surface area contributed by atoms with Crippen molar-refractivity contribution in [1.82, 2.24) is 4.98 Å². The van der Waals surface area contributed by atoms with Gasteiger partial charge in [-0.3, -0.25) is 0 Å². The third kappa shape index (κ3) is 5.29. The van der Waals surface area contributed by atoms with Crippen LogP contribution in [0.5, 0.6) is 0 Å². The van der Waals surface area contributed by atoms with Crippen LogP contribution >= 0.6 is 0 Å². The Kier molecular flexibility index (Phi) is 12.3. The fraction of sp³-hybridized carbons (Fsp3) is 0.500. The Hall–Kier alpha value is -0.980. The van der Waals surface area contributed by atoms with E-state index in [-0.39, 0.29) is 0 Å². The largest absolute Gasteiger partial charge is 0.361 e. The van der Waals surface area contributed by atoms with Crippen molar-refractivity contribution in [1.29, 1.82) is 0 Å². The van der Waals surface area contributed by atoms with Gasteiger partial charge >= 0.3 is 0 Å². The summed E-state index contributed by atoms with van der Waals surface area (Å²) in [5.41, 5.74) is 0. The van der Waals surface area contributed by atoms with Crippen LogP contribution in [0.4, 0.5) is 0 Å². The summed E-state index contributed by atoms with van der Waals surface area (Å²) in [5.74, 6) is 0. The number of rotatable bonds is 0. The zero-order valence-corrected chi connectivity index (χ0v) is 9.81. The number of aromatic nitrogens is 1. The molecule has 1 heterocycles. The smallest absolute Gasteiger partial charge is 0.0407 e. The monoisotopic (exact) mass is 181 g/mol. The first-order valence-electron chi connectivity index (χ1n) is 5.14. The molecule has 1 aromatic heterocycles. The molecule has 0 amide bonds. The van der Waals surface area contributed by atoms with Gasteiger partial charge in [0.05, 0.1) is 0 Å². The molecule has 1 N–H and O–H groups in total. The average molecular weight is 181 g/mol. The lowest BCUT2D eigenvalue weighted by molar-refractivity contribution is 1.31. The summed E-state index contributed by atoms with van der Waals surface area (Å²) < 4.78 is 0. The molecule has 0 radical (unpaired) electrons. The molecule has 0 bridgehead atoms. The first-order chi connectivity index (χ1) is 6.38. The molecule has 0 aromatic carbocycles. The molecule has 0 saturated heterocycles. The van der Waals surface area contributed by atoms with Gasteiger partial charge in [-0.05, 0) is 25.1 Å².